The van der Waals surface area contributed by atoms with Crippen LogP contribution in [-0.4, -0.2) is 28.5 Å². The van der Waals surface area contributed by atoms with Crippen LogP contribution in [0.5, 0.6) is 0 Å². The molecule has 0 spiro atoms. The van der Waals surface area contributed by atoms with Gasteiger partial charge in [0.25, 0.3) is 0 Å². The monoisotopic (exact) mass is 375 g/mol. The minimum atomic E-state index is -0.905. The van der Waals surface area contributed by atoms with Crippen molar-refractivity contribution in [2.45, 2.75) is 20.1 Å². The zero-order valence-corrected chi connectivity index (χ0v) is 15.3. The highest BCUT2D eigenvalue weighted by molar-refractivity contribution is 6.61. The Bertz CT molecular complexity index is 1040. The summed E-state index contributed by atoms with van der Waals surface area (Å²) in [6, 6.07) is 14.5. The van der Waals surface area contributed by atoms with Crippen LogP contribution < -0.4 is 5.46 Å². The first kappa shape index (κ1) is 18.2. The maximum Gasteiger partial charge on any atom is 0.491 e. The fraction of sp³-hybridized carbons (Fsp3) is 0.143. The molecule has 6 nitrogen and oxygen atoms in total. The van der Waals surface area contributed by atoms with Gasteiger partial charge < -0.3 is 19.0 Å². The summed E-state index contributed by atoms with van der Waals surface area (Å²) in [7, 11) is -0.905. The minimum Gasteiger partial charge on any atom is -0.461 e. The summed E-state index contributed by atoms with van der Waals surface area (Å²) in [6.07, 6.45) is 3.57. The first-order valence-corrected chi connectivity index (χ1v) is 8.89. The molecule has 0 atom stereocenters. The third kappa shape index (κ3) is 3.62. The van der Waals surface area contributed by atoms with E-state index < -0.39 is 7.12 Å². The van der Waals surface area contributed by atoms with Crippen molar-refractivity contribution in [3.8, 4) is 5.69 Å². The SMILES string of the molecule is CC(=O)OCc1ccc(C(=O)c2ccn(-c3ccc4c(c3)B(O)OC4)c2)cc1. The fourth-order valence-corrected chi connectivity index (χ4v) is 3.16. The van der Waals surface area contributed by atoms with Gasteiger partial charge in [0.2, 0.25) is 0 Å². The van der Waals surface area contributed by atoms with Gasteiger partial charge in [0.1, 0.15) is 6.61 Å². The quantitative estimate of drug-likeness (QED) is 0.419. The van der Waals surface area contributed by atoms with Crippen LogP contribution >= 0.6 is 0 Å². The highest BCUT2D eigenvalue weighted by atomic mass is 16.5. The molecule has 1 aromatic heterocycles. The number of aromatic nitrogens is 1. The fourth-order valence-electron chi connectivity index (χ4n) is 3.16. The molecular weight excluding hydrogens is 357 g/mol. The molecule has 1 aliphatic rings. The smallest absolute Gasteiger partial charge is 0.461 e. The zero-order chi connectivity index (χ0) is 19.7. The molecule has 140 valence electrons. The molecule has 28 heavy (non-hydrogen) atoms. The van der Waals surface area contributed by atoms with E-state index in [1.54, 1.807) is 36.5 Å². The average Bonchev–Trinajstić information content (AvgIpc) is 3.33. The van der Waals surface area contributed by atoms with E-state index in [-0.39, 0.29) is 18.4 Å². The van der Waals surface area contributed by atoms with Crippen molar-refractivity contribution in [1.29, 1.82) is 0 Å². The van der Waals surface area contributed by atoms with E-state index in [2.05, 4.69) is 0 Å². The first-order valence-electron chi connectivity index (χ1n) is 8.89. The van der Waals surface area contributed by atoms with Gasteiger partial charge in [0.15, 0.2) is 5.78 Å². The summed E-state index contributed by atoms with van der Waals surface area (Å²) in [5.41, 5.74) is 4.51. The van der Waals surface area contributed by atoms with Gasteiger partial charge >= 0.3 is 13.1 Å². The third-order valence-electron chi connectivity index (χ3n) is 4.70. The van der Waals surface area contributed by atoms with Crippen LogP contribution in [0.3, 0.4) is 0 Å². The maximum atomic E-state index is 12.7. The zero-order valence-electron chi connectivity index (χ0n) is 15.3. The van der Waals surface area contributed by atoms with E-state index in [0.29, 0.717) is 17.7 Å². The Morgan fingerprint density at radius 3 is 2.68 bits per heavy atom. The summed E-state index contributed by atoms with van der Waals surface area (Å²) in [6.45, 7) is 1.95. The van der Waals surface area contributed by atoms with Crippen LogP contribution in [0.1, 0.15) is 34.0 Å². The van der Waals surface area contributed by atoms with Crippen molar-refractivity contribution in [1.82, 2.24) is 4.57 Å². The largest absolute Gasteiger partial charge is 0.491 e. The van der Waals surface area contributed by atoms with Crippen LogP contribution in [0.25, 0.3) is 5.69 Å². The summed E-state index contributed by atoms with van der Waals surface area (Å²) in [4.78, 5) is 23.6. The molecule has 0 radical (unpaired) electrons. The number of ether oxygens (including phenoxy) is 1. The standard InChI is InChI=1S/C21H18BNO5/c1-14(24)27-12-15-2-4-16(5-3-15)21(25)17-8-9-23(11-17)19-7-6-18-13-28-22(26)20(18)10-19/h2-11,26H,12-13H2,1H3. The van der Waals surface area contributed by atoms with Gasteiger partial charge in [0.05, 0.1) is 6.61 Å². The topological polar surface area (TPSA) is 77.8 Å². The summed E-state index contributed by atoms with van der Waals surface area (Å²) < 4.78 is 12.0. The molecular formula is C21H18BNO5. The van der Waals surface area contributed by atoms with E-state index in [1.807, 2.05) is 29.0 Å². The molecule has 0 bridgehead atoms. The van der Waals surface area contributed by atoms with Crippen LogP contribution in [0.15, 0.2) is 60.9 Å². The molecule has 3 aromatic rings. The molecule has 2 aromatic carbocycles. The van der Waals surface area contributed by atoms with Crippen molar-refractivity contribution in [2.75, 3.05) is 0 Å². The number of hydrogen-bond donors (Lipinski definition) is 1. The predicted molar refractivity (Wildman–Crippen MR) is 104 cm³/mol. The molecule has 0 saturated heterocycles. The lowest BCUT2D eigenvalue weighted by molar-refractivity contribution is -0.142. The van der Waals surface area contributed by atoms with Crippen LogP contribution in [0, 0.1) is 0 Å². The van der Waals surface area contributed by atoms with Gasteiger partial charge in [-0.2, -0.15) is 0 Å². The first-order chi connectivity index (χ1) is 13.5. The van der Waals surface area contributed by atoms with Crippen molar-refractivity contribution >= 4 is 24.3 Å². The highest BCUT2D eigenvalue weighted by Crippen LogP contribution is 2.18. The molecule has 1 N–H and O–H groups in total. The lowest BCUT2D eigenvalue weighted by Crippen LogP contribution is -2.28. The lowest BCUT2D eigenvalue weighted by Gasteiger charge is -2.06. The Labute approximate surface area is 162 Å². The number of hydrogen-bond acceptors (Lipinski definition) is 5. The summed E-state index contributed by atoms with van der Waals surface area (Å²) >= 11 is 0. The van der Waals surface area contributed by atoms with E-state index in [9.17, 15) is 14.6 Å². The van der Waals surface area contributed by atoms with Crippen LogP contribution in [-0.2, 0) is 27.4 Å². The van der Waals surface area contributed by atoms with Crippen molar-refractivity contribution in [2.24, 2.45) is 0 Å². The maximum absolute atomic E-state index is 12.7. The number of fused-ring (bicyclic) bond motifs is 1. The Balaban J connectivity index is 1.52. The van der Waals surface area contributed by atoms with Gasteiger partial charge in [-0.05, 0) is 34.8 Å². The van der Waals surface area contributed by atoms with E-state index in [4.69, 9.17) is 9.39 Å². The van der Waals surface area contributed by atoms with Crippen molar-refractivity contribution in [3.63, 3.8) is 0 Å². The number of nitrogens with zero attached hydrogens (tertiary/aromatic N) is 1. The van der Waals surface area contributed by atoms with Gasteiger partial charge in [-0.1, -0.05) is 30.3 Å². The Kier molecular flexibility index (Phi) is 4.85. The minimum absolute atomic E-state index is 0.0951. The van der Waals surface area contributed by atoms with Crippen molar-refractivity contribution < 1.29 is 24.0 Å². The average molecular weight is 375 g/mol. The molecule has 0 unspecified atom stereocenters. The number of carbonyl (C=O) groups excluding carboxylic acids is 2. The molecule has 7 heteroatoms. The van der Waals surface area contributed by atoms with Crippen molar-refractivity contribution in [3.05, 3.63) is 83.2 Å². The molecule has 0 aliphatic carbocycles. The number of rotatable bonds is 5. The number of esters is 1. The lowest BCUT2D eigenvalue weighted by atomic mass is 9.79. The third-order valence-corrected chi connectivity index (χ3v) is 4.70. The highest BCUT2D eigenvalue weighted by Gasteiger charge is 2.27. The molecule has 2 heterocycles. The van der Waals surface area contributed by atoms with Gasteiger partial charge in [-0.15, -0.1) is 0 Å². The Morgan fingerprint density at radius 2 is 1.93 bits per heavy atom. The number of benzene rings is 2. The van der Waals surface area contributed by atoms with E-state index >= 15 is 0 Å². The normalized spacial score (nSPS) is 12.7. The van der Waals surface area contributed by atoms with E-state index in [0.717, 1.165) is 22.3 Å². The molecule has 0 fully saturated rings. The predicted octanol–water partition coefficient (Wildman–Crippen LogP) is 1.99. The molecule has 0 amide bonds. The Hall–Kier alpha value is -3.16. The second-order valence-corrected chi connectivity index (χ2v) is 6.66. The second-order valence-electron chi connectivity index (χ2n) is 6.66. The Morgan fingerprint density at radius 1 is 1.14 bits per heavy atom. The van der Waals surface area contributed by atoms with Gasteiger partial charge in [-0.3, -0.25) is 9.59 Å². The van der Waals surface area contributed by atoms with E-state index in [1.165, 1.54) is 6.92 Å². The number of ketones is 1. The van der Waals surface area contributed by atoms with Crippen LogP contribution in [0.2, 0.25) is 0 Å². The second kappa shape index (κ2) is 7.46. The summed E-state index contributed by atoms with van der Waals surface area (Å²) in [5, 5.41) is 9.87. The van der Waals surface area contributed by atoms with Gasteiger partial charge in [-0.25, -0.2) is 0 Å². The van der Waals surface area contributed by atoms with Crippen LogP contribution in [0.4, 0.5) is 0 Å². The molecule has 4 rings (SSSR count). The summed E-state index contributed by atoms with van der Waals surface area (Å²) in [5.74, 6) is -0.436. The molecule has 1 aliphatic heterocycles. The number of carbonyl (C=O) groups is 2. The molecule has 0 saturated carbocycles. The van der Waals surface area contributed by atoms with Gasteiger partial charge in [0, 0.05) is 36.1 Å².